The first-order valence-electron chi connectivity index (χ1n) is 8.89. The van der Waals surface area contributed by atoms with E-state index in [1.54, 1.807) is 17.3 Å². The molecule has 6 nitrogen and oxygen atoms in total. The molecule has 1 N–H and O–H groups in total. The minimum absolute atomic E-state index is 0. The van der Waals surface area contributed by atoms with E-state index in [-0.39, 0.29) is 24.0 Å². The van der Waals surface area contributed by atoms with Crippen LogP contribution in [-0.4, -0.2) is 56.3 Å². The molecule has 1 aromatic heterocycles. The van der Waals surface area contributed by atoms with E-state index in [1.807, 2.05) is 12.1 Å². The van der Waals surface area contributed by atoms with Crippen molar-refractivity contribution in [3.8, 4) is 5.69 Å². The third-order valence-corrected chi connectivity index (χ3v) is 5.61. The second-order valence-corrected chi connectivity index (χ2v) is 7.44. The zero-order valence-corrected chi connectivity index (χ0v) is 18.5. The van der Waals surface area contributed by atoms with Crippen LogP contribution in [0.4, 0.5) is 0 Å². The third-order valence-electron chi connectivity index (χ3n) is 4.23. The second kappa shape index (κ2) is 10.8. The van der Waals surface area contributed by atoms with Gasteiger partial charge in [0.05, 0.1) is 12.2 Å². The van der Waals surface area contributed by atoms with Gasteiger partial charge in [0.2, 0.25) is 0 Å². The summed E-state index contributed by atoms with van der Waals surface area (Å²) in [5.74, 6) is 2.19. The molecule has 0 saturated carbocycles. The Labute approximate surface area is 176 Å². The number of guanidine groups is 1. The highest BCUT2D eigenvalue weighted by molar-refractivity contribution is 14.0. The van der Waals surface area contributed by atoms with Crippen molar-refractivity contribution in [2.75, 3.05) is 25.4 Å². The number of halogens is 1. The summed E-state index contributed by atoms with van der Waals surface area (Å²) < 4.78 is 1.77. The minimum atomic E-state index is 0. The summed E-state index contributed by atoms with van der Waals surface area (Å²) in [5, 5.41) is 8.34. The molecule has 1 aliphatic heterocycles. The standard InChI is InChI=1S/C18H26N6S.HI/c1-3-17-12-23(8-9-25-17)18(20-4-2)21-11-15-6-5-7-16(10-15)24-14-19-13-22-24;/h5-7,10,13-14,17H,3-4,8-9,11-12H2,1-2H3,(H,20,21);1H. The van der Waals surface area contributed by atoms with E-state index in [1.165, 1.54) is 17.7 Å². The molecule has 142 valence electrons. The van der Waals surface area contributed by atoms with Gasteiger partial charge in [-0.2, -0.15) is 16.9 Å². The van der Waals surface area contributed by atoms with E-state index in [0.717, 1.165) is 31.3 Å². The summed E-state index contributed by atoms with van der Waals surface area (Å²) in [4.78, 5) is 11.3. The van der Waals surface area contributed by atoms with Crippen molar-refractivity contribution in [1.29, 1.82) is 0 Å². The summed E-state index contributed by atoms with van der Waals surface area (Å²) >= 11 is 2.08. The van der Waals surface area contributed by atoms with E-state index in [4.69, 9.17) is 4.99 Å². The fraction of sp³-hybridized carbons (Fsp3) is 0.500. The molecule has 1 unspecified atom stereocenters. The third kappa shape index (κ3) is 5.60. The van der Waals surface area contributed by atoms with Crippen LogP contribution in [-0.2, 0) is 6.54 Å². The highest BCUT2D eigenvalue weighted by Gasteiger charge is 2.21. The Hall–Kier alpha value is -1.29. The molecule has 1 aromatic carbocycles. The first-order chi connectivity index (χ1) is 12.3. The number of nitrogens with one attached hydrogen (secondary N) is 1. The van der Waals surface area contributed by atoms with Crippen LogP contribution in [0.1, 0.15) is 25.8 Å². The molecule has 1 atom stereocenters. The Morgan fingerprint density at radius 3 is 3.00 bits per heavy atom. The molecule has 0 amide bonds. The smallest absolute Gasteiger partial charge is 0.194 e. The Bertz CT molecular complexity index is 691. The van der Waals surface area contributed by atoms with E-state index >= 15 is 0 Å². The van der Waals surface area contributed by atoms with Crippen molar-refractivity contribution in [2.45, 2.75) is 32.1 Å². The van der Waals surface area contributed by atoms with Crippen LogP contribution in [0.2, 0.25) is 0 Å². The molecule has 1 aliphatic rings. The van der Waals surface area contributed by atoms with Gasteiger partial charge in [-0.3, -0.25) is 0 Å². The van der Waals surface area contributed by atoms with Gasteiger partial charge in [-0.05, 0) is 31.0 Å². The van der Waals surface area contributed by atoms with Crippen molar-refractivity contribution < 1.29 is 0 Å². The maximum absolute atomic E-state index is 4.88. The lowest BCUT2D eigenvalue weighted by Gasteiger charge is -2.34. The van der Waals surface area contributed by atoms with Gasteiger partial charge >= 0.3 is 0 Å². The molecule has 0 radical (unpaired) electrons. The molecule has 8 heteroatoms. The molecule has 26 heavy (non-hydrogen) atoms. The van der Waals surface area contributed by atoms with Gasteiger partial charge in [-0.15, -0.1) is 24.0 Å². The van der Waals surface area contributed by atoms with Gasteiger partial charge < -0.3 is 10.2 Å². The maximum atomic E-state index is 4.88. The van der Waals surface area contributed by atoms with Crippen molar-refractivity contribution >= 4 is 41.7 Å². The van der Waals surface area contributed by atoms with Crippen LogP contribution in [0, 0.1) is 0 Å². The molecule has 2 heterocycles. The van der Waals surface area contributed by atoms with E-state index in [0.29, 0.717) is 11.8 Å². The van der Waals surface area contributed by atoms with Gasteiger partial charge in [0, 0.05) is 30.6 Å². The molecule has 1 fully saturated rings. The summed E-state index contributed by atoms with van der Waals surface area (Å²) in [6.45, 7) is 8.07. The van der Waals surface area contributed by atoms with E-state index < -0.39 is 0 Å². The minimum Gasteiger partial charge on any atom is -0.357 e. The van der Waals surface area contributed by atoms with E-state index in [9.17, 15) is 0 Å². The SMILES string of the molecule is CCNC(=NCc1cccc(-n2cncn2)c1)N1CCSC(CC)C1.I. The number of rotatable bonds is 5. The summed E-state index contributed by atoms with van der Waals surface area (Å²) in [7, 11) is 0. The van der Waals surface area contributed by atoms with Crippen molar-refractivity contribution in [3.63, 3.8) is 0 Å². The number of thioether (sulfide) groups is 1. The highest BCUT2D eigenvalue weighted by Crippen LogP contribution is 2.21. The van der Waals surface area contributed by atoms with Gasteiger partial charge in [-0.1, -0.05) is 19.1 Å². The zero-order chi connectivity index (χ0) is 17.5. The monoisotopic (exact) mass is 486 g/mol. The number of aromatic nitrogens is 3. The van der Waals surface area contributed by atoms with Crippen LogP contribution in [0.25, 0.3) is 5.69 Å². The Morgan fingerprint density at radius 2 is 2.27 bits per heavy atom. The predicted molar refractivity (Wildman–Crippen MR) is 120 cm³/mol. The number of nitrogens with zero attached hydrogens (tertiary/aromatic N) is 5. The lowest BCUT2D eigenvalue weighted by Crippen LogP contribution is -2.48. The molecular weight excluding hydrogens is 459 g/mol. The van der Waals surface area contributed by atoms with Crippen LogP contribution >= 0.6 is 35.7 Å². The van der Waals surface area contributed by atoms with Crippen LogP contribution in [0.15, 0.2) is 41.9 Å². The van der Waals surface area contributed by atoms with Gasteiger partial charge in [0.25, 0.3) is 0 Å². The second-order valence-electron chi connectivity index (χ2n) is 6.03. The lowest BCUT2D eigenvalue weighted by atomic mass is 10.2. The molecule has 0 aliphatic carbocycles. The number of aliphatic imine (C=N–C) groups is 1. The van der Waals surface area contributed by atoms with Gasteiger partial charge in [0.1, 0.15) is 12.7 Å². The molecule has 3 rings (SSSR count). The largest absolute Gasteiger partial charge is 0.357 e. The van der Waals surface area contributed by atoms with E-state index in [2.05, 4.69) is 58.0 Å². The average molecular weight is 486 g/mol. The molecule has 1 saturated heterocycles. The number of hydrogen-bond acceptors (Lipinski definition) is 4. The summed E-state index contributed by atoms with van der Waals surface area (Å²) in [6, 6.07) is 8.29. The number of hydrogen-bond donors (Lipinski definition) is 1. The maximum Gasteiger partial charge on any atom is 0.194 e. The summed E-state index contributed by atoms with van der Waals surface area (Å²) in [6.07, 6.45) is 4.47. The van der Waals surface area contributed by atoms with Crippen LogP contribution < -0.4 is 5.32 Å². The highest BCUT2D eigenvalue weighted by atomic mass is 127. The molecule has 2 aromatic rings. The molecule has 0 bridgehead atoms. The Balaban J connectivity index is 0.00000243. The normalized spacial score (nSPS) is 17.7. The first-order valence-corrected chi connectivity index (χ1v) is 9.93. The number of benzene rings is 1. The van der Waals surface area contributed by atoms with Crippen LogP contribution in [0.3, 0.4) is 0 Å². The van der Waals surface area contributed by atoms with Crippen molar-refractivity contribution in [1.82, 2.24) is 25.0 Å². The van der Waals surface area contributed by atoms with Gasteiger partial charge in [-0.25, -0.2) is 14.7 Å². The van der Waals surface area contributed by atoms with Crippen molar-refractivity contribution in [3.05, 3.63) is 42.5 Å². The van der Waals surface area contributed by atoms with Crippen LogP contribution in [0.5, 0.6) is 0 Å². The fourth-order valence-corrected chi connectivity index (χ4v) is 4.07. The zero-order valence-electron chi connectivity index (χ0n) is 15.3. The Kier molecular flexibility index (Phi) is 8.70. The topological polar surface area (TPSA) is 58.3 Å². The summed E-state index contributed by atoms with van der Waals surface area (Å²) in [5.41, 5.74) is 2.18. The Morgan fingerprint density at radius 1 is 1.38 bits per heavy atom. The quantitative estimate of drug-likeness (QED) is 0.400. The fourth-order valence-electron chi connectivity index (χ4n) is 2.89. The molecule has 0 spiro atoms. The average Bonchev–Trinajstić information content (AvgIpc) is 3.20. The lowest BCUT2D eigenvalue weighted by molar-refractivity contribution is 0.408. The molecular formula is C18H27IN6S. The first kappa shape index (κ1) is 21.0. The van der Waals surface area contributed by atoms with Gasteiger partial charge in [0.15, 0.2) is 5.96 Å². The van der Waals surface area contributed by atoms with Crippen molar-refractivity contribution in [2.24, 2.45) is 4.99 Å². The predicted octanol–water partition coefficient (Wildman–Crippen LogP) is 3.18.